The Morgan fingerprint density at radius 1 is 0.984 bits per heavy atom. The minimum absolute atomic E-state index is 0.0166. The van der Waals surface area contributed by atoms with Gasteiger partial charge in [0.15, 0.2) is 5.88 Å². The Bertz CT molecular complexity index is 2380. The number of guanidine groups is 1. The number of piperazine rings is 1. The smallest absolute Gasteiger partial charge is 0.280 e. The van der Waals surface area contributed by atoms with Crippen molar-refractivity contribution in [2.75, 3.05) is 68.0 Å². The maximum atomic E-state index is 15.3. The molecule has 8 rings (SSSR count). The lowest BCUT2D eigenvalue weighted by Gasteiger charge is -2.41. The number of anilines is 3. The van der Waals surface area contributed by atoms with Gasteiger partial charge in [0.05, 0.1) is 41.1 Å². The number of ether oxygens (including phenoxy) is 1. The summed E-state index contributed by atoms with van der Waals surface area (Å²) in [7, 11) is 1.73. The number of aromatic nitrogens is 1. The van der Waals surface area contributed by atoms with E-state index in [1.807, 2.05) is 22.8 Å². The quantitative estimate of drug-likeness (QED) is 0.183. The van der Waals surface area contributed by atoms with Crippen molar-refractivity contribution in [3.8, 4) is 0 Å². The minimum atomic E-state index is -1.07. The number of amides is 4. The molecule has 5 aliphatic heterocycles. The van der Waals surface area contributed by atoms with E-state index in [2.05, 4.69) is 54.8 Å². The van der Waals surface area contributed by atoms with Gasteiger partial charge < -0.3 is 35.5 Å². The van der Waals surface area contributed by atoms with E-state index in [0.717, 1.165) is 29.8 Å². The summed E-state index contributed by atoms with van der Waals surface area (Å²) in [6.07, 6.45) is 3.42. The van der Waals surface area contributed by atoms with Crippen LogP contribution in [0.2, 0.25) is 0 Å². The lowest BCUT2D eigenvalue weighted by Crippen LogP contribution is -2.55. The third-order valence-electron chi connectivity index (χ3n) is 12.7. The summed E-state index contributed by atoms with van der Waals surface area (Å²) in [5, 5.41) is 16.7. The van der Waals surface area contributed by atoms with Crippen LogP contribution in [-0.4, -0.2) is 110 Å². The van der Waals surface area contributed by atoms with E-state index in [4.69, 9.17) is 10.1 Å². The summed E-state index contributed by atoms with van der Waals surface area (Å²) in [6, 6.07) is 12.0. The van der Waals surface area contributed by atoms with Crippen molar-refractivity contribution in [1.82, 2.24) is 25.4 Å². The third-order valence-corrected chi connectivity index (χ3v) is 12.7. The van der Waals surface area contributed by atoms with E-state index >= 15 is 8.78 Å². The largest absolute Gasteiger partial charge is 0.479 e. The molecule has 4 atom stereocenters. The topological polar surface area (TPSA) is 176 Å². The Hall–Kier alpha value is -6.23. The standard InChI is InChI=1S/C46H54F2N10O5/c1-26-6-5-15-63-44(50-4)34(21-49)38-18-31(16-27(2)51-38)42(60)54-46-52-37-9-7-29(17-39(37)58(46)22-26)24-55-13-14-57(28(3)23-55)45(62)30-11-12-56(25-30)32-19-35(47)41(36(48)20-32)33-8-10-40(59)53-43(33)61/h7,9,16-21,26,28,30,33,49-50H,5-6,8,10-15,22-25H2,1-4H3,(H,52,54,60)(H,53,59,61)/b44-34-,49-21?/t26-,28-,30-,33-/m1/s1. The summed E-state index contributed by atoms with van der Waals surface area (Å²) in [6.45, 7) is 10.4. The summed E-state index contributed by atoms with van der Waals surface area (Å²) in [5.41, 5.74) is 4.71. The second kappa shape index (κ2) is 18.2. The Morgan fingerprint density at radius 2 is 1.78 bits per heavy atom. The normalized spacial score (nSPS) is 25.5. The number of hydrogen-bond donors (Lipinski definition) is 4. The van der Waals surface area contributed by atoms with E-state index in [0.29, 0.717) is 98.9 Å². The van der Waals surface area contributed by atoms with Gasteiger partial charge in [-0.15, -0.1) is 0 Å². The van der Waals surface area contributed by atoms with Crippen LogP contribution in [0.1, 0.15) is 84.7 Å². The van der Waals surface area contributed by atoms with Crippen molar-refractivity contribution in [2.45, 2.75) is 71.4 Å². The number of nitrogens with one attached hydrogen (secondary N) is 4. The summed E-state index contributed by atoms with van der Waals surface area (Å²) < 4.78 is 36.8. The van der Waals surface area contributed by atoms with Gasteiger partial charge in [0.2, 0.25) is 23.7 Å². The number of pyridine rings is 1. The van der Waals surface area contributed by atoms with Gasteiger partial charge in [-0.3, -0.25) is 34.4 Å². The van der Waals surface area contributed by atoms with Crippen LogP contribution in [0, 0.1) is 35.8 Å². The van der Waals surface area contributed by atoms with E-state index in [9.17, 15) is 19.2 Å². The molecule has 63 heavy (non-hydrogen) atoms. The number of benzene rings is 2. The molecular formula is C46H54F2N10O5. The SMILES string of the molecule is CN/C1=C(\C=N)c2cc(cc(C)n2)C(=O)/N=C2\Nc3ccc(CN4CCN(C(=O)[C@@H]5CCN(c6cc(F)c([C@H]7CCC(=O)NC7=O)c(F)c6)C5)[C@H](C)C4)cc3N2C[C@H](C)CCCO1. The number of piperidine rings is 1. The Labute approximate surface area is 365 Å². The van der Waals surface area contributed by atoms with Gasteiger partial charge in [-0.2, -0.15) is 4.99 Å². The summed E-state index contributed by atoms with van der Waals surface area (Å²) in [5.74, 6) is -3.54. The highest BCUT2D eigenvalue weighted by Gasteiger charge is 2.38. The molecule has 3 aromatic rings. The van der Waals surface area contributed by atoms with Crippen molar-refractivity contribution in [3.63, 3.8) is 0 Å². The number of hydrogen-bond acceptors (Lipinski definition) is 12. The molecule has 0 saturated carbocycles. The van der Waals surface area contributed by atoms with Gasteiger partial charge >= 0.3 is 0 Å². The van der Waals surface area contributed by atoms with Crippen molar-refractivity contribution >= 4 is 58.4 Å². The first-order chi connectivity index (χ1) is 30.3. The van der Waals surface area contributed by atoms with E-state index in [1.54, 1.807) is 26.1 Å². The van der Waals surface area contributed by atoms with Gasteiger partial charge in [-0.05, 0) is 87.4 Å². The van der Waals surface area contributed by atoms with Crippen molar-refractivity contribution in [3.05, 3.63) is 88.1 Å². The van der Waals surface area contributed by atoms with Crippen LogP contribution in [0.3, 0.4) is 0 Å². The summed E-state index contributed by atoms with van der Waals surface area (Å²) in [4.78, 5) is 69.0. The molecule has 3 fully saturated rings. The van der Waals surface area contributed by atoms with Crippen molar-refractivity contribution in [2.24, 2.45) is 16.8 Å². The van der Waals surface area contributed by atoms with Crippen molar-refractivity contribution in [1.29, 1.82) is 5.41 Å². The molecule has 0 unspecified atom stereocenters. The van der Waals surface area contributed by atoms with Crippen LogP contribution in [-0.2, 0) is 25.7 Å². The molecule has 0 radical (unpaired) electrons. The zero-order chi connectivity index (χ0) is 44.5. The van der Waals surface area contributed by atoms with Crippen LogP contribution in [0.5, 0.6) is 0 Å². The molecule has 1 aromatic heterocycles. The van der Waals surface area contributed by atoms with E-state index in [1.165, 1.54) is 18.3 Å². The first-order valence-electron chi connectivity index (χ1n) is 21.8. The molecule has 6 heterocycles. The fraction of sp³-hybridized carbons (Fsp3) is 0.457. The molecule has 332 valence electrons. The van der Waals surface area contributed by atoms with Crippen LogP contribution < -0.4 is 25.8 Å². The zero-order valence-electron chi connectivity index (χ0n) is 36.1. The lowest BCUT2D eigenvalue weighted by atomic mass is 9.89. The van der Waals surface area contributed by atoms with Gasteiger partial charge in [0.1, 0.15) is 11.6 Å². The van der Waals surface area contributed by atoms with E-state index < -0.39 is 35.3 Å². The fourth-order valence-corrected chi connectivity index (χ4v) is 9.47. The second-order valence-electron chi connectivity index (χ2n) is 17.3. The third kappa shape index (κ3) is 9.15. The van der Waals surface area contributed by atoms with Crippen molar-refractivity contribution < 1.29 is 32.7 Å². The predicted octanol–water partition coefficient (Wildman–Crippen LogP) is 5.16. The molecule has 0 aliphatic carbocycles. The van der Waals surface area contributed by atoms with Gasteiger partial charge in [-0.1, -0.05) is 13.0 Å². The number of carbonyl (C=O) groups is 4. The predicted molar refractivity (Wildman–Crippen MR) is 236 cm³/mol. The van der Waals surface area contributed by atoms with Gasteiger partial charge in [-0.25, -0.2) is 8.78 Å². The molecule has 2 bridgehead atoms. The Morgan fingerprint density at radius 3 is 2.51 bits per heavy atom. The highest BCUT2D eigenvalue weighted by Crippen LogP contribution is 2.37. The molecule has 5 aliphatic rings. The molecule has 0 spiro atoms. The van der Waals surface area contributed by atoms with E-state index in [-0.39, 0.29) is 42.2 Å². The Kier molecular flexibility index (Phi) is 12.6. The molecule has 4 N–H and O–H groups in total. The zero-order valence-corrected chi connectivity index (χ0v) is 36.1. The minimum Gasteiger partial charge on any atom is -0.479 e. The monoisotopic (exact) mass is 864 g/mol. The number of nitrogens with zero attached hydrogens (tertiary/aromatic N) is 6. The van der Waals surface area contributed by atoms with Gasteiger partial charge in [0, 0.05) is 94.0 Å². The first-order valence-corrected chi connectivity index (χ1v) is 21.8. The molecule has 4 amide bonds. The number of fused-ring (bicyclic) bond motifs is 5. The molecule has 2 aromatic carbocycles. The van der Waals surface area contributed by atoms with Crippen LogP contribution >= 0.6 is 0 Å². The highest BCUT2D eigenvalue weighted by molar-refractivity contribution is 6.19. The number of rotatable bonds is 7. The summed E-state index contributed by atoms with van der Waals surface area (Å²) >= 11 is 0. The maximum Gasteiger partial charge on any atom is 0.280 e. The number of halogens is 2. The fourth-order valence-electron chi connectivity index (χ4n) is 9.47. The average Bonchev–Trinajstić information content (AvgIpc) is 3.87. The second-order valence-corrected chi connectivity index (χ2v) is 17.3. The van der Waals surface area contributed by atoms with Crippen LogP contribution in [0.15, 0.2) is 53.3 Å². The lowest BCUT2D eigenvalue weighted by molar-refractivity contribution is -0.139. The number of carbonyl (C=O) groups excluding carboxylic acids is 4. The number of aliphatic imine (C=N–C) groups is 1. The molecular weight excluding hydrogens is 811 g/mol. The van der Waals surface area contributed by atoms with Crippen LogP contribution in [0.4, 0.5) is 25.8 Å². The first kappa shape index (κ1) is 43.4. The average molecular weight is 865 g/mol. The van der Waals surface area contributed by atoms with Crippen LogP contribution in [0.25, 0.3) is 5.57 Å². The number of allylic oxidation sites excluding steroid dienone is 1. The molecule has 15 nitrogen and oxygen atoms in total. The molecule has 3 saturated heterocycles. The Balaban J connectivity index is 0.924. The van der Waals surface area contributed by atoms with Gasteiger partial charge in [0.25, 0.3) is 5.91 Å². The highest BCUT2D eigenvalue weighted by atomic mass is 19.1. The number of aryl methyl sites for hydroxylation is 1. The maximum absolute atomic E-state index is 15.3. The molecule has 17 heteroatoms. The number of imide groups is 1.